The van der Waals surface area contributed by atoms with Gasteiger partial charge in [-0.2, -0.15) is 0 Å². The zero-order valence-corrected chi connectivity index (χ0v) is 15.7. The van der Waals surface area contributed by atoms with Crippen molar-refractivity contribution in [2.75, 3.05) is 13.2 Å². The van der Waals surface area contributed by atoms with Crippen molar-refractivity contribution in [3.8, 4) is 0 Å². The summed E-state index contributed by atoms with van der Waals surface area (Å²) in [6.45, 7) is 4.71. The van der Waals surface area contributed by atoms with Crippen molar-refractivity contribution < 1.29 is 38.0 Å². The molecule has 6 heteroatoms. The fraction of sp³-hybridized carbons (Fsp3) is 1.00. The first-order chi connectivity index (χ1) is 8.12. The van der Waals surface area contributed by atoms with Crippen molar-refractivity contribution in [3.63, 3.8) is 0 Å². The van der Waals surface area contributed by atoms with Gasteiger partial charge in [-0.1, -0.05) is 52.4 Å². The first kappa shape index (κ1) is 21.0. The molecule has 0 bridgehead atoms. The molecule has 4 nitrogen and oxygen atoms in total. The van der Waals surface area contributed by atoms with Crippen LogP contribution in [0.1, 0.15) is 65.2 Å². The second kappa shape index (κ2) is 14.1. The number of hydrogen-bond donors (Lipinski definition) is 0. The zero-order valence-electron chi connectivity index (χ0n) is 11.9. The van der Waals surface area contributed by atoms with Crippen LogP contribution in [0.2, 0.25) is 0 Å². The van der Waals surface area contributed by atoms with Crippen molar-refractivity contribution >= 4 is 7.82 Å². The Morgan fingerprint density at radius 2 is 1.22 bits per heavy atom. The molecule has 106 valence electrons. The van der Waals surface area contributed by atoms with Gasteiger partial charge in [0.05, 0.1) is 13.2 Å². The Hall–Kier alpha value is 0.733. The molecule has 0 aromatic rings. The maximum atomic E-state index is 11.3. The summed E-state index contributed by atoms with van der Waals surface area (Å²) in [5, 5.41) is 0. The molecule has 0 saturated carbocycles. The first-order valence-corrected chi connectivity index (χ1v) is 8.18. The summed E-state index contributed by atoms with van der Waals surface area (Å²) in [6.07, 6.45) is 8.05. The van der Waals surface area contributed by atoms with Crippen LogP contribution in [0.15, 0.2) is 0 Å². The molecular formula is C12H26O4PZn-. The molecule has 0 aliphatic rings. The summed E-state index contributed by atoms with van der Waals surface area (Å²) < 4.78 is 20.8. The van der Waals surface area contributed by atoms with E-state index in [-0.39, 0.29) is 32.7 Å². The van der Waals surface area contributed by atoms with Crippen LogP contribution in [-0.2, 0) is 33.1 Å². The quantitative estimate of drug-likeness (QED) is 0.311. The molecule has 0 N–H and O–H groups in total. The summed E-state index contributed by atoms with van der Waals surface area (Å²) in [6, 6.07) is 0. The van der Waals surface area contributed by atoms with E-state index in [1.165, 1.54) is 0 Å². The van der Waals surface area contributed by atoms with Crippen LogP contribution in [0.25, 0.3) is 0 Å². The minimum absolute atomic E-state index is 0. The Kier molecular flexibility index (Phi) is 16.5. The van der Waals surface area contributed by atoms with Crippen LogP contribution in [0.4, 0.5) is 0 Å². The van der Waals surface area contributed by atoms with E-state index in [2.05, 4.69) is 13.8 Å². The summed E-state index contributed by atoms with van der Waals surface area (Å²) in [4.78, 5) is 11.3. The van der Waals surface area contributed by atoms with Crippen molar-refractivity contribution in [1.82, 2.24) is 0 Å². The molecule has 0 radical (unpaired) electrons. The van der Waals surface area contributed by atoms with Crippen LogP contribution in [0.5, 0.6) is 0 Å². The Morgan fingerprint density at radius 3 is 1.56 bits per heavy atom. The molecule has 0 aliphatic heterocycles. The van der Waals surface area contributed by atoms with Crippen LogP contribution in [0.3, 0.4) is 0 Å². The fourth-order valence-electron chi connectivity index (χ4n) is 1.45. The molecule has 18 heavy (non-hydrogen) atoms. The summed E-state index contributed by atoms with van der Waals surface area (Å²) in [5.74, 6) is 0. The van der Waals surface area contributed by atoms with E-state index < -0.39 is 7.82 Å². The third kappa shape index (κ3) is 14.8. The number of phosphoric ester groups is 1. The zero-order chi connectivity index (χ0) is 13.0. The van der Waals surface area contributed by atoms with Gasteiger partial charge >= 0.3 is 0 Å². The molecule has 0 aromatic heterocycles. The predicted octanol–water partition coefficient (Wildman–Crippen LogP) is 3.65. The number of hydrogen-bond acceptors (Lipinski definition) is 4. The molecule has 0 aliphatic carbocycles. The summed E-state index contributed by atoms with van der Waals surface area (Å²) in [7, 11) is -4.04. The molecular weight excluding hydrogens is 304 g/mol. The van der Waals surface area contributed by atoms with Crippen molar-refractivity contribution in [1.29, 1.82) is 0 Å². The maximum absolute atomic E-state index is 11.3. The molecule has 0 atom stereocenters. The standard InChI is InChI=1S/C12H27O4P.Zn/c1-3-5-7-9-11-15-17(13,14)16-12-10-8-6-4-2;/h3-12H2,1-2H3,(H,13,14);/p-1. The van der Waals surface area contributed by atoms with Gasteiger partial charge in [-0.15, -0.1) is 0 Å². The fourth-order valence-corrected chi connectivity index (χ4v) is 2.23. The molecule has 0 aromatic carbocycles. The van der Waals surface area contributed by atoms with E-state index in [9.17, 15) is 9.46 Å². The Labute approximate surface area is 124 Å². The predicted molar refractivity (Wildman–Crippen MR) is 67.8 cm³/mol. The monoisotopic (exact) mass is 329 g/mol. The van der Waals surface area contributed by atoms with Gasteiger partial charge in [0, 0.05) is 19.5 Å². The molecule has 0 saturated heterocycles. The Balaban J connectivity index is 0. The van der Waals surface area contributed by atoms with Gasteiger partial charge in [0.1, 0.15) is 0 Å². The molecule has 0 fully saturated rings. The van der Waals surface area contributed by atoms with E-state index >= 15 is 0 Å². The van der Waals surface area contributed by atoms with E-state index in [0.717, 1.165) is 51.4 Å². The second-order valence-corrected chi connectivity index (χ2v) is 5.65. The second-order valence-electron chi connectivity index (χ2n) is 4.23. The van der Waals surface area contributed by atoms with Gasteiger partial charge in [-0.05, 0) is 12.8 Å². The average molecular weight is 331 g/mol. The number of unbranched alkanes of at least 4 members (excludes halogenated alkanes) is 6. The van der Waals surface area contributed by atoms with Gasteiger partial charge in [0.25, 0.3) is 7.82 Å². The number of phosphoric acid groups is 1. The van der Waals surface area contributed by atoms with E-state index in [1.807, 2.05) is 0 Å². The third-order valence-electron chi connectivity index (χ3n) is 2.49. The van der Waals surface area contributed by atoms with Gasteiger partial charge in [-0.3, -0.25) is 4.57 Å². The van der Waals surface area contributed by atoms with E-state index in [1.54, 1.807) is 0 Å². The minimum Gasteiger partial charge on any atom is -0.756 e. The van der Waals surface area contributed by atoms with E-state index in [0.29, 0.717) is 0 Å². The number of rotatable bonds is 12. The average Bonchev–Trinajstić information content (AvgIpc) is 2.28. The first-order valence-electron chi connectivity index (χ1n) is 6.72. The summed E-state index contributed by atoms with van der Waals surface area (Å²) >= 11 is 0. The van der Waals surface area contributed by atoms with Crippen LogP contribution in [-0.4, -0.2) is 13.2 Å². The van der Waals surface area contributed by atoms with Gasteiger partial charge < -0.3 is 13.9 Å². The van der Waals surface area contributed by atoms with Crippen molar-refractivity contribution in [2.45, 2.75) is 65.2 Å². The molecule has 0 heterocycles. The van der Waals surface area contributed by atoms with Crippen LogP contribution in [0, 0.1) is 0 Å². The largest absolute Gasteiger partial charge is 0.756 e. The topological polar surface area (TPSA) is 58.6 Å². The molecule has 0 spiro atoms. The Bertz CT molecular complexity index is 196. The molecule has 0 amide bonds. The van der Waals surface area contributed by atoms with Crippen LogP contribution < -0.4 is 4.89 Å². The maximum Gasteiger partial charge on any atom is 0.267 e. The van der Waals surface area contributed by atoms with Gasteiger partial charge in [-0.25, -0.2) is 0 Å². The molecule has 0 rings (SSSR count). The van der Waals surface area contributed by atoms with Crippen LogP contribution >= 0.6 is 7.82 Å². The SMILES string of the molecule is CCCCCCOP(=O)([O-])OCCCCCC.[Zn]. The summed E-state index contributed by atoms with van der Waals surface area (Å²) in [5.41, 5.74) is 0. The van der Waals surface area contributed by atoms with Gasteiger partial charge in [0.2, 0.25) is 0 Å². The third-order valence-corrected chi connectivity index (χ3v) is 3.49. The van der Waals surface area contributed by atoms with Crippen molar-refractivity contribution in [3.05, 3.63) is 0 Å². The van der Waals surface area contributed by atoms with Crippen molar-refractivity contribution in [2.24, 2.45) is 0 Å². The van der Waals surface area contributed by atoms with E-state index in [4.69, 9.17) is 9.05 Å². The molecule has 0 unspecified atom stereocenters. The minimum atomic E-state index is -4.04. The Morgan fingerprint density at radius 1 is 0.833 bits per heavy atom. The normalized spacial score (nSPS) is 11.3. The smallest absolute Gasteiger partial charge is 0.267 e. The van der Waals surface area contributed by atoms with Gasteiger partial charge in [0.15, 0.2) is 0 Å².